The number of carbonyl (C=O) groups excluding carboxylic acids is 2. The van der Waals surface area contributed by atoms with E-state index in [0.29, 0.717) is 24.3 Å². The van der Waals surface area contributed by atoms with Gasteiger partial charge in [0.25, 0.3) is 0 Å². The van der Waals surface area contributed by atoms with Gasteiger partial charge in [0, 0.05) is 44.7 Å². The van der Waals surface area contributed by atoms with Crippen molar-refractivity contribution in [2.24, 2.45) is 23.2 Å². The van der Waals surface area contributed by atoms with Crippen LogP contribution in [0.25, 0.3) is 0 Å². The number of hydrogen-bond acceptors (Lipinski definition) is 4. The Morgan fingerprint density at radius 2 is 1.72 bits per heavy atom. The smallest absolute Gasteiger partial charge is 0.317 e. The summed E-state index contributed by atoms with van der Waals surface area (Å²) in [5.74, 6) is 3.47. The van der Waals surface area contributed by atoms with Crippen LogP contribution in [0.4, 0.5) is 4.79 Å². The fourth-order valence-electron chi connectivity index (χ4n) is 6.37. The van der Waals surface area contributed by atoms with E-state index in [4.69, 9.17) is 0 Å². The van der Waals surface area contributed by atoms with Crippen LogP contribution >= 0.6 is 11.8 Å². The van der Waals surface area contributed by atoms with E-state index in [1.807, 2.05) is 17.0 Å². The van der Waals surface area contributed by atoms with Crippen LogP contribution in [0, 0.1) is 23.2 Å². The predicted molar refractivity (Wildman–Crippen MR) is 116 cm³/mol. The molecule has 1 aromatic rings. The van der Waals surface area contributed by atoms with Crippen LogP contribution in [0.2, 0.25) is 0 Å². The molecule has 0 spiro atoms. The van der Waals surface area contributed by atoms with Crippen molar-refractivity contribution in [2.75, 3.05) is 18.8 Å². The third-order valence-electron chi connectivity index (χ3n) is 7.22. The summed E-state index contributed by atoms with van der Waals surface area (Å²) in [6, 6.07) is 3.83. The Kier molecular flexibility index (Phi) is 6.47. The predicted octanol–water partition coefficient (Wildman–Crippen LogP) is 4.48. The average Bonchev–Trinajstić information content (AvgIpc) is 2.68. The molecule has 6 heteroatoms. The normalized spacial score (nSPS) is 29.6. The Morgan fingerprint density at radius 3 is 2.31 bits per heavy atom. The molecule has 5 rings (SSSR count). The molecule has 0 saturated heterocycles. The van der Waals surface area contributed by atoms with Gasteiger partial charge in [0.2, 0.25) is 0 Å². The lowest BCUT2D eigenvalue weighted by molar-refractivity contribution is -0.109. The van der Waals surface area contributed by atoms with E-state index in [2.05, 4.69) is 10.3 Å². The molecule has 1 N–H and O–H groups in total. The van der Waals surface area contributed by atoms with Crippen LogP contribution < -0.4 is 5.32 Å². The maximum absolute atomic E-state index is 12.9. The van der Waals surface area contributed by atoms with Crippen molar-refractivity contribution in [3.05, 3.63) is 30.1 Å². The zero-order valence-corrected chi connectivity index (χ0v) is 18.3. The summed E-state index contributed by atoms with van der Waals surface area (Å²) in [7, 11) is 0. The van der Waals surface area contributed by atoms with Gasteiger partial charge < -0.3 is 10.2 Å². The highest BCUT2D eigenvalue weighted by molar-refractivity contribution is 8.13. The Balaban J connectivity index is 1.34. The number of nitrogens with one attached hydrogen (secondary N) is 1. The molecule has 158 valence electrons. The monoisotopic (exact) mass is 415 g/mol. The Morgan fingerprint density at radius 1 is 1.10 bits per heavy atom. The molecule has 4 fully saturated rings. The molecule has 5 nitrogen and oxygen atoms in total. The van der Waals surface area contributed by atoms with Crippen LogP contribution in [0.15, 0.2) is 24.5 Å². The second-order valence-corrected chi connectivity index (χ2v) is 10.8. The van der Waals surface area contributed by atoms with Crippen molar-refractivity contribution in [3.63, 3.8) is 0 Å². The Hall–Kier alpha value is -1.56. The number of nitrogens with zero attached hydrogens (tertiary/aromatic N) is 2. The molecule has 0 unspecified atom stereocenters. The number of thioether (sulfide) groups is 1. The van der Waals surface area contributed by atoms with Gasteiger partial charge in [0.1, 0.15) is 0 Å². The second kappa shape index (κ2) is 9.07. The van der Waals surface area contributed by atoms with E-state index >= 15 is 0 Å². The summed E-state index contributed by atoms with van der Waals surface area (Å²) < 4.78 is 0. The molecule has 0 atom stereocenters. The van der Waals surface area contributed by atoms with Crippen molar-refractivity contribution in [1.82, 2.24) is 15.2 Å². The Labute approximate surface area is 178 Å². The van der Waals surface area contributed by atoms with Gasteiger partial charge in [-0.25, -0.2) is 4.79 Å². The van der Waals surface area contributed by atoms with Crippen molar-refractivity contribution in [3.8, 4) is 0 Å². The summed E-state index contributed by atoms with van der Waals surface area (Å²) >= 11 is 1.31. The Bertz CT molecular complexity index is 689. The molecular weight excluding hydrogens is 382 g/mol. The molecule has 1 heterocycles. The van der Waals surface area contributed by atoms with Gasteiger partial charge in [0.05, 0.1) is 0 Å². The third kappa shape index (κ3) is 5.33. The van der Waals surface area contributed by atoms with Gasteiger partial charge in [0.15, 0.2) is 5.12 Å². The van der Waals surface area contributed by atoms with Gasteiger partial charge in [-0.2, -0.15) is 0 Å². The lowest BCUT2D eigenvalue weighted by Gasteiger charge is -2.57. The largest absolute Gasteiger partial charge is 0.334 e. The maximum atomic E-state index is 12.9. The molecule has 4 aliphatic carbocycles. The molecule has 0 aliphatic heterocycles. The minimum atomic E-state index is -0.0179. The van der Waals surface area contributed by atoms with Crippen molar-refractivity contribution >= 4 is 22.9 Å². The fraction of sp³-hybridized carbons (Fsp3) is 0.696. The molecule has 29 heavy (non-hydrogen) atoms. The van der Waals surface area contributed by atoms with Gasteiger partial charge in [-0.1, -0.05) is 11.8 Å². The van der Waals surface area contributed by atoms with Crippen LogP contribution in [-0.2, 0) is 11.3 Å². The quantitative estimate of drug-likeness (QED) is 0.680. The molecule has 0 aromatic carbocycles. The number of pyridine rings is 1. The first-order valence-corrected chi connectivity index (χ1v) is 12.0. The van der Waals surface area contributed by atoms with Crippen LogP contribution in [0.1, 0.15) is 57.4 Å². The first-order chi connectivity index (χ1) is 14.0. The van der Waals surface area contributed by atoms with E-state index in [1.165, 1.54) is 50.3 Å². The minimum Gasteiger partial charge on any atom is -0.334 e. The molecule has 1 aromatic heterocycles. The third-order valence-corrected chi connectivity index (χ3v) is 8.02. The lowest BCUT2D eigenvalue weighted by atomic mass is 9.49. The van der Waals surface area contributed by atoms with Crippen LogP contribution in [-0.4, -0.2) is 39.9 Å². The van der Waals surface area contributed by atoms with E-state index in [1.54, 1.807) is 19.3 Å². The van der Waals surface area contributed by atoms with E-state index < -0.39 is 0 Å². The summed E-state index contributed by atoms with van der Waals surface area (Å²) in [5.41, 5.74) is 1.51. The van der Waals surface area contributed by atoms with Gasteiger partial charge >= 0.3 is 6.03 Å². The number of amides is 2. The standard InChI is InChI=1S/C23H33N3O2S/c1-17(27)29-9-8-26(22(28)25-16-18-2-5-24-6-3-18)7-4-23-13-19-10-20(14-23)12-21(11-19)15-23/h2-3,5-6,19-21H,4,7-16H2,1H3,(H,25,28). The number of hydrogen-bond donors (Lipinski definition) is 1. The van der Waals surface area contributed by atoms with Crippen molar-refractivity contribution < 1.29 is 9.59 Å². The summed E-state index contributed by atoms with van der Waals surface area (Å²) in [6.45, 7) is 3.52. The molecule has 4 saturated carbocycles. The van der Waals surface area contributed by atoms with E-state index in [0.717, 1.165) is 36.3 Å². The SMILES string of the molecule is CC(=O)SCCN(CCC12CC3CC(CC(C3)C1)C2)C(=O)NCc1ccncc1. The average molecular weight is 416 g/mol. The molecule has 4 bridgehead atoms. The van der Waals surface area contributed by atoms with Gasteiger partial charge in [-0.3, -0.25) is 9.78 Å². The highest BCUT2D eigenvalue weighted by atomic mass is 32.2. The zero-order valence-electron chi connectivity index (χ0n) is 17.4. The highest BCUT2D eigenvalue weighted by Crippen LogP contribution is 2.61. The highest BCUT2D eigenvalue weighted by Gasteiger charge is 2.50. The number of rotatable bonds is 8. The van der Waals surface area contributed by atoms with E-state index in [-0.39, 0.29) is 11.1 Å². The van der Waals surface area contributed by atoms with Gasteiger partial charge in [-0.05, 0) is 85.8 Å². The zero-order chi connectivity index (χ0) is 20.3. The molecule has 4 aliphatic rings. The van der Waals surface area contributed by atoms with Crippen molar-refractivity contribution in [1.29, 1.82) is 0 Å². The number of aromatic nitrogens is 1. The van der Waals surface area contributed by atoms with E-state index in [9.17, 15) is 9.59 Å². The lowest BCUT2D eigenvalue weighted by Crippen LogP contribution is -2.48. The number of urea groups is 1. The first-order valence-electron chi connectivity index (χ1n) is 11.1. The number of carbonyl (C=O) groups is 2. The summed E-state index contributed by atoms with van der Waals surface area (Å²) in [5, 5.41) is 3.17. The fourth-order valence-corrected chi connectivity index (χ4v) is 6.97. The topological polar surface area (TPSA) is 62.3 Å². The molecule has 0 radical (unpaired) electrons. The molecule has 2 amide bonds. The summed E-state index contributed by atoms with van der Waals surface area (Å²) in [4.78, 5) is 30.2. The van der Waals surface area contributed by atoms with Crippen LogP contribution in [0.5, 0.6) is 0 Å². The van der Waals surface area contributed by atoms with Gasteiger partial charge in [-0.15, -0.1) is 0 Å². The van der Waals surface area contributed by atoms with Crippen molar-refractivity contribution in [2.45, 2.75) is 58.4 Å². The first kappa shape index (κ1) is 20.7. The van der Waals surface area contributed by atoms with Crippen LogP contribution in [0.3, 0.4) is 0 Å². The minimum absolute atomic E-state index is 0.0179. The second-order valence-electron chi connectivity index (χ2n) is 9.51. The summed E-state index contributed by atoms with van der Waals surface area (Å²) in [6.07, 6.45) is 13.1. The maximum Gasteiger partial charge on any atom is 0.317 e. The molecular formula is C23H33N3O2S.